The maximum absolute atomic E-state index is 13.3. The average molecular weight is 318 g/mol. The minimum Gasteiger partial charge on any atom is -0.384 e. The lowest BCUT2D eigenvalue weighted by atomic mass is 10.00. The van der Waals surface area contributed by atoms with Crippen molar-refractivity contribution in [2.45, 2.75) is 0 Å². The summed E-state index contributed by atoms with van der Waals surface area (Å²) >= 11 is 0. The van der Waals surface area contributed by atoms with E-state index in [-0.39, 0.29) is 5.82 Å². The quantitative estimate of drug-likeness (QED) is 0.607. The van der Waals surface area contributed by atoms with Gasteiger partial charge in [0.25, 0.3) is 0 Å². The number of fused-ring (bicyclic) bond motifs is 1. The third kappa shape index (κ3) is 2.22. The van der Waals surface area contributed by atoms with Crippen LogP contribution in [0.1, 0.15) is 0 Å². The SMILES string of the molecule is Cn1c(-c2ccc(F)cc2)c(-c2ccncc2)c2ccc(N)nc21. The number of hydrogen-bond acceptors (Lipinski definition) is 3. The Balaban J connectivity index is 2.11. The molecule has 0 unspecified atom stereocenters. The highest BCUT2D eigenvalue weighted by Crippen LogP contribution is 2.39. The van der Waals surface area contributed by atoms with E-state index in [2.05, 4.69) is 9.97 Å². The van der Waals surface area contributed by atoms with Crippen LogP contribution in [0.25, 0.3) is 33.4 Å². The van der Waals surface area contributed by atoms with Crippen molar-refractivity contribution < 1.29 is 4.39 Å². The van der Waals surface area contributed by atoms with Crippen LogP contribution in [0.4, 0.5) is 10.2 Å². The first-order valence-electron chi connectivity index (χ1n) is 7.56. The molecule has 3 heterocycles. The smallest absolute Gasteiger partial charge is 0.143 e. The Bertz CT molecular complexity index is 1020. The summed E-state index contributed by atoms with van der Waals surface area (Å²) in [5, 5.41) is 0.997. The lowest BCUT2D eigenvalue weighted by Crippen LogP contribution is -1.96. The van der Waals surface area contributed by atoms with Gasteiger partial charge in [0.15, 0.2) is 0 Å². The Kier molecular flexibility index (Phi) is 3.27. The van der Waals surface area contributed by atoms with Gasteiger partial charge in [0.05, 0.1) is 5.69 Å². The highest BCUT2D eigenvalue weighted by molar-refractivity contribution is 6.03. The number of nitrogens with zero attached hydrogens (tertiary/aromatic N) is 3. The van der Waals surface area contributed by atoms with E-state index in [9.17, 15) is 4.39 Å². The van der Waals surface area contributed by atoms with Crippen molar-refractivity contribution in [1.82, 2.24) is 14.5 Å². The summed E-state index contributed by atoms with van der Waals surface area (Å²) in [7, 11) is 1.94. The van der Waals surface area contributed by atoms with E-state index in [1.165, 1.54) is 12.1 Å². The normalized spacial score (nSPS) is 11.1. The molecule has 24 heavy (non-hydrogen) atoms. The Labute approximate surface area is 138 Å². The molecule has 118 valence electrons. The summed E-state index contributed by atoms with van der Waals surface area (Å²) in [6.07, 6.45) is 3.51. The number of halogens is 1. The molecule has 0 aliphatic heterocycles. The molecule has 4 rings (SSSR count). The predicted molar refractivity (Wildman–Crippen MR) is 93.8 cm³/mol. The van der Waals surface area contributed by atoms with Crippen LogP contribution in [0.5, 0.6) is 0 Å². The molecule has 0 radical (unpaired) electrons. The van der Waals surface area contributed by atoms with E-state index in [0.717, 1.165) is 33.4 Å². The molecule has 3 aromatic heterocycles. The Morgan fingerprint density at radius 3 is 2.33 bits per heavy atom. The average Bonchev–Trinajstić information content (AvgIpc) is 2.89. The highest BCUT2D eigenvalue weighted by Gasteiger charge is 2.19. The minimum atomic E-state index is -0.259. The summed E-state index contributed by atoms with van der Waals surface area (Å²) in [5.41, 5.74) is 10.6. The molecule has 4 aromatic rings. The van der Waals surface area contributed by atoms with Crippen LogP contribution in [0.3, 0.4) is 0 Å². The first kappa shape index (κ1) is 14.4. The van der Waals surface area contributed by atoms with E-state index in [4.69, 9.17) is 5.73 Å². The van der Waals surface area contributed by atoms with Crippen LogP contribution in [-0.2, 0) is 7.05 Å². The van der Waals surface area contributed by atoms with Gasteiger partial charge >= 0.3 is 0 Å². The van der Waals surface area contributed by atoms with Crippen LogP contribution in [-0.4, -0.2) is 14.5 Å². The number of nitrogen functional groups attached to an aromatic ring is 1. The van der Waals surface area contributed by atoms with Crippen LogP contribution in [0, 0.1) is 5.82 Å². The van der Waals surface area contributed by atoms with E-state index >= 15 is 0 Å². The molecule has 2 N–H and O–H groups in total. The van der Waals surface area contributed by atoms with Gasteiger partial charge in [-0.15, -0.1) is 0 Å². The number of anilines is 1. The van der Waals surface area contributed by atoms with Crippen LogP contribution >= 0.6 is 0 Å². The van der Waals surface area contributed by atoms with E-state index < -0.39 is 0 Å². The van der Waals surface area contributed by atoms with E-state index in [1.807, 2.05) is 29.8 Å². The molecule has 0 aliphatic carbocycles. The van der Waals surface area contributed by atoms with Crippen LogP contribution < -0.4 is 5.73 Å². The lowest BCUT2D eigenvalue weighted by molar-refractivity contribution is 0.628. The molecular formula is C19H15FN4. The number of pyridine rings is 2. The maximum Gasteiger partial charge on any atom is 0.143 e. The first-order chi connectivity index (χ1) is 11.6. The van der Waals surface area contributed by atoms with Gasteiger partial charge in [0.1, 0.15) is 17.3 Å². The second-order valence-electron chi connectivity index (χ2n) is 5.63. The second-order valence-corrected chi connectivity index (χ2v) is 5.63. The van der Waals surface area contributed by atoms with Crippen molar-refractivity contribution in [2.75, 3.05) is 5.73 Å². The van der Waals surface area contributed by atoms with Gasteiger partial charge in [-0.25, -0.2) is 9.37 Å². The number of aromatic nitrogens is 3. The Morgan fingerprint density at radius 2 is 1.62 bits per heavy atom. The number of nitrogens with two attached hydrogens (primary N) is 1. The van der Waals surface area contributed by atoms with Crippen molar-refractivity contribution in [3.05, 3.63) is 66.7 Å². The fourth-order valence-corrected chi connectivity index (χ4v) is 3.07. The molecule has 0 amide bonds. The van der Waals surface area contributed by atoms with Gasteiger partial charge in [0.2, 0.25) is 0 Å². The van der Waals surface area contributed by atoms with Crippen LogP contribution in [0.15, 0.2) is 60.9 Å². The van der Waals surface area contributed by atoms with Gasteiger partial charge < -0.3 is 10.3 Å². The van der Waals surface area contributed by atoms with E-state index in [1.54, 1.807) is 30.6 Å². The minimum absolute atomic E-state index is 0.259. The lowest BCUT2D eigenvalue weighted by Gasteiger charge is -2.08. The Hall–Kier alpha value is -3.21. The largest absolute Gasteiger partial charge is 0.384 e. The summed E-state index contributed by atoms with van der Waals surface area (Å²) in [6.45, 7) is 0. The zero-order valence-corrected chi connectivity index (χ0v) is 13.1. The molecule has 4 nitrogen and oxygen atoms in total. The fraction of sp³-hybridized carbons (Fsp3) is 0.0526. The summed E-state index contributed by atoms with van der Waals surface area (Å²) < 4.78 is 15.3. The third-order valence-electron chi connectivity index (χ3n) is 4.14. The molecular weight excluding hydrogens is 303 g/mol. The molecule has 5 heteroatoms. The van der Waals surface area contributed by atoms with Gasteiger partial charge in [-0.1, -0.05) is 0 Å². The van der Waals surface area contributed by atoms with Crippen LogP contribution in [0.2, 0.25) is 0 Å². The van der Waals surface area contributed by atoms with Crippen molar-refractivity contribution in [1.29, 1.82) is 0 Å². The second kappa shape index (κ2) is 5.45. The van der Waals surface area contributed by atoms with Gasteiger partial charge in [0, 0.05) is 30.4 Å². The number of rotatable bonds is 2. The fourth-order valence-electron chi connectivity index (χ4n) is 3.07. The summed E-state index contributed by atoms with van der Waals surface area (Å²) in [4.78, 5) is 8.57. The van der Waals surface area contributed by atoms with Gasteiger partial charge in [-0.2, -0.15) is 0 Å². The summed E-state index contributed by atoms with van der Waals surface area (Å²) in [6, 6.07) is 14.2. The predicted octanol–water partition coefficient (Wildman–Crippen LogP) is 4.02. The molecule has 0 bridgehead atoms. The number of benzene rings is 1. The maximum atomic E-state index is 13.3. The monoisotopic (exact) mass is 318 g/mol. The summed E-state index contributed by atoms with van der Waals surface area (Å²) in [5.74, 6) is 0.209. The van der Waals surface area contributed by atoms with Gasteiger partial charge in [-0.3, -0.25) is 4.98 Å². The zero-order valence-electron chi connectivity index (χ0n) is 13.1. The topological polar surface area (TPSA) is 56.7 Å². The first-order valence-corrected chi connectivity index (χ1v) is 7.56. The number of aryl methyl sites for hydroxylation is 1. The standard InChI is InChI=1S/C19H15FN4/c1-24-18(13-2-4-14(20)5-3-13)17(12-8-10-22-11-9-12)15-6-7-16(21)23-19(15)24/h2-11H,1H3,(H2,21,23). The molecule has 0 atom stereocenters. The molecule has 0 saturated carbocycles. The Morgan fingerprint density at radius 1 is 0.917 bits per heavy atom. The van der Waals surface area contributed by atoms with Crippen molar-refractivity contribution in [2.24, 2.45) is 7.05 Å². The molecule has 0 saturated heterocycles. The molecule has 0 aliphatic rings. The third-order valence-corrected chi connectivity index (χ3v) is 4.14. The molecule has 1 aromatic carbocycles. The van der Waals surface area contributed by atoms with Crippen molar-refractivity contribution in [3.8, 4) is 22.4 Å². The van der Waals surface area contributed by atoms with E-state index in [0.29, 0.717) is 5.82 Å². The van der Waals surface area contributed by atoms with Gasteiger partial charge in [-0.05, 0) is 59.7 Å². The highest BCUT2D eigenvalue weighted by atomic mass is 19.1. The number of hydrogen-bond donors (Lipinski definition) is 1. The van der Waals surface area contributed by atoms with Crippen molar-refractivity contribution in [3.63, 3.8) is 0 Å². The van der Waals surface area contributed by atoms with Crippen molar-refractivity contribution >= 4 is 16.9 Å². The molecule has 0 fully saturated rings. The zero-order chi connectivity index (χ0) is 16.7. The molecule has 0 spiro atoms.